The largest absolute Gasteiger partial charge is 0.383 e. The highest BCUT2D eigenvalue weighted by Gasteiger charge is 2.25. The average molecular weight is 295 g/mol. The molecule has 2 unspecified atom stereocenters. The maximum Gasteiger partial charge on any atom is 0.0669 e. The van der Waals surface area contributed by atoms with E-state index in [1.807, 2.05) is 11.8 Å². The number of methoxy groups -OCH3 is 1. The van der Waals surface area contributed by atoms with Gasteiger partial charge < -0.3 is 14.8 Å². The van der Waals surface area contributed by atoms with Crippen molar-refractivity contribution in [2.75, 3.05) is 26.9 Å². The van der Waals surface area contributed by atoms with E-state index in [0.29, 0.717) is 11.4 Å². The normalized spacial score (nSPS) is 22.4. The molecule has 1 aromatic carbocycles. The van der Waals surface area contributed by atoms with Crippen LogP contribution in [0.4, 0.5) is 0 Å². The molecule has 1 aliphatic rings. The number of nitrogens with one attached hydrogen (secondary N) is 1. The summed E-state index contributed by atoms with van der Waals surface area (Å²) in [6.45, 7) is 7.75. The SMILES string of the molecule is COCCNCc1cc(C)ccc1SC1CCOC1C. The molecule has 1 fully saturated rings. The van der Waals surface area contributed by atoms with Gasteiger partial charge in [-0.1, -0.05) is 17.7 Å². The smallest absolute Gasteiger partial charge is 0.0669 e. The van der Waals surface area contributed by atoms with Crippen LogP contribution in [-0.2, 0) is 16.0 Å². The second kappa shape index (κ2) is 8.03. The molecule has 1 heterocycles. The molecule has 112 valence electrons. The first kappa shape index (κ1) is 15.8. The van der Waals surface area contributed by atoms with Crippen LogP contribution in [-0.4, -0.2) is 38.2 Å². The minimum Gasteiger partial charge on any atom is -0.383 e. The van der Waals surface area contributed by atoms with Gasteiger partial charge in [0.1, 0.15) is 0 Å². The molecule has 1 N–H and O–H groups in total. The Kier molecular flexibility index (Phi) is 6.36. The molecule has 0 spiro atoms. The van der Waals surface area contributed by atoms with Gasteiger partial charge in [0.05, 0.1) is 12.7 Å². The lowest BCUT2D eigenvalue weighted by Gasteiger charge is -2.17. The van der Waals surface area contributed by atoms with Gasteiger partial charge in [0.15, 0.2) is 0 Å². The minimum absolute atomic E-state index is 0.357. The van der Waals surface area contributed by atoms with Crippen molar-refractivity contribution in [2.45, 2.75) is 43.1 Å². The van der Waals surface area contributed by atoms with Crippen LogP contribution in [0.3, 0.4) is 0 Å². The molecule has 1 aliphatic heterocycles. The molecule has 1 aromatic rings. The van der Waals surface area contributed by atoms with Gasteiger partial charge in [-0.2, -0.15) is 0 Å². The second-order valence-corrected chi connectivity index (χ2v) is 6.58. The summed E-state index contributed by atoms with van der Waals surface area (Å²) in [5.74, 6) is 0. The Hall–Kier alpha value is -0.550. The molecule has 0 radical (unpaired) electrons. The first-order valence-corrected chi connectivity index (χ1v) is 8.16. The number of hydrogen-bond acceptors (Lipinski definition) is 4. The summed E-state index contributed by atoms with van der Waals surface area (Å²) in [5, 5.41) is 4.02. The zero-order chi connectivity index (χ0) is 14.4. The highest BCUT2D eigenvalue weighted by Crippen LogP contribution is 2.34. The Bertz CT molecular complexity index is 425. The molecule has 0 aliphatic carbocycles. The number of thioether (sulfide) groups is 1. The number of ether oxygens (including phenoxy) is 2. The van der Waals surface area contributed by atoms with E-state index in [4.69, 9.17) is 9.47 Å². The lowest BCUT2D eigenvalue weighted by Crippen LogP contribution is -2.19. The summed E-state index contributed by atoms with van der Waals surface area (Å²) in [5.41, 5.74) is 2.69. The van der Waals surface area contributed by atoms with E-state index in [1.54, 1.807) is 7.11 Å². The van der Waals surface area contributed by atoms with E-state index in [9.17, 15) is 0 Å². The van der Waals surface area contributed by atoms with Crippen LogP contribution in [0.1, 0.15) is 24.5 Å². The monoisotopic (exact) mass is 295 g/mol. The van der Waals surface area contributed by atoms with Crippen molar-refractivity contribution < 1.29 is 9.47 Å². The molecule has 2 atom stereocenters. The van der Waals surface area contributed by atoms with Crippen molar-refractivity contribution in [1.29, 1.82) is 0 Å². The van der Waals surface area contributed by atoms with Crippen LogP contribution in [0.25, 0.3) is 0 Å². The first-order valence-electron chi connectivity index (χ1n) is 7.28. The molecular formula is C16H25NO2S. The zero-order valence-corrected chi connectivity index (χ0v) is 13.5. The Balaban J connectivity index is 1.99. The number of hydrogen-bond donors (Lipinski definition) is 1. The molecule has 20 heavy (non-hydrogen) atoms. The maximum atomic E-state index is 5.66. The van der Waals surface area contributed by atoms with E-state index < -0.39 is 0 Å². The summed E-state index contributed by atoms with van der Waals surface area (Å²) in [6, 6.07) is 6.72. The van der Waals surface area contributed by atoms with E-state index in [-0.39, 0.29) is 0 Å². The third-order valence-electron chi connectivity index (χ3n) is 3.60. The summed E-state index contributed by atoms with van der Waals surface area (Å²) < 4.78 is 10.7. The van der Waals surface area contributed by atoms with Crippen LogP contribution in [0.15, 0.2) is 23.1 Å². The average Bonchev–Trinajstić information content (AvgIpc) is 2.83. The lowest BCUT2D eigenvalue weighted by molar-refractivity contribution is 0.127. The summed E-state index contributed by atoms with van der Waals surface area (Å²) in [6.07, 6.45) is 1.51. The molecule has 1 saturated heterocycles. The topological polar surface area (TPSA) is 30.5 Å². The lowest BCUT2D eigenvalue weighted by atomic mass is 10.1. The molecule has 0 saturated carbocycles. The molecule has 2 rings (SSSR count). The maximum absolute atomic E-state index is 5.66. The van der Waals surface area contributed by atoms with E-state index in [2.05, 4.69) is 37.4 Å². The number of benzene rings is 1. The van der Waals surface area contributed by atoms with Crippen molar-refractivity contribution in [2.24, 2.45) is 0 Å². The summed E-state index contributed by atoms with van der Waals surface area (Å²) in [4.78, 5) is 1.38. The summed E-state index contributed by atoms with van der Waals surface area (Å²) >= 11 is 1.96. The standard InChI is InChI=1S/C16H25NO2S/c1-12-4-5-16(20-15-6-8-19-13(15)2)14(10-12)11-17-7-9-18-3/h4-5,10,13,15,17H,6-9,11H2,1-3H3. The fraction of sp³-hybridized carbons (Fsp3) is 0.625. The predicted octanol–water partition coefficient (Wildman–Crippen LogP) is 3.00. The number of rotatable bonds is 7. The van der Waals surface area contributed by atoms with Gasteiger partial charge in [-0.25, -0.2) is 0 Å². The van der Waals surface area contributed by atoms with Gasteiger partial charge in [0.2, 0.25) is 0 Å². The Morgan fingerprint density at radius 3 is 3.00 bits per heavy atom. The van der Waals surface area contributed by atoms with Crippen molar-refractivity contribution in [3.8, 4) is 0 Å². The fourth-order valence-corrected chi connectivity index (χ4v) is 3.63. The van der Waals surface area contributed by atoms with E-state index in [1.165, 1.54) is 16.0 Å². The van der Waals surface area contributed by atoms with Gasteiger partial charge in [-0.15, -0.1) is 11.8 Å². The fourth-order valence-electron chi connectivity index (χ4n) is 2.39. The molecule has 0 amide bonds. The van der Waals surface area contributed by atoms with Crippen LogP contribution in [0.2, 0.25) is 0 Å². The van der Waals surface area contributed by atoms with Crippen molar-refractivity contribution in [1.82, 2.24) is 5.32 Å². The Morgan fingerprint density at radius 1 is 1.45 bits per heavy atom. The van der Waals surface area contributed by atoms with Crippen molar-refractivity contribution >= 4 is 11.8 Å². The van der Waals surface area contributed by atoms with Gasteiger partial charge in [0, 0.05) is 37.0 Å². The van der Waals surface area contributed by atoms with Crippen LogP contribution in [0, 0.1) is 6.92 Å². The highest BCUT2D eigenvalue weighted by molar-refractivity contribution is 8.00. The van der Waals surface area contributed by atoms with Crippen LogP contribution in [0.5, 0.6) is 0 Å². The van der Waals surface area contributed by atoms with E-state index >= 15 is 0 Å². The van der Waals surface area contributed by atoms with E-state index in [0.717, 1.165) is 32.7 Å². The van der Waals surface area contributed by atoms with Gasteiger partial charge in [-0.3, -0.25) is 0 Å². The summed E-state index contributed by atoms with van der Waals surface area (Å²) in [7, 11) is 1.73. The van der Waals surface area contributed by atoms with Crippen LogP contribution < -0.4 is 5.32 Å². The van der Waals surface area contributed by atoms with Gasteiger partial charge in [0.25, 0.3) is 0 Å². The molecule has 3 nitrogen and oxygen atoms in total. The molecule has 0 aromatic heterocycles. The third kappa shape index (κ3) is 4.48. The van der Waals surface area contributed by atoms with Gasteiger partial charge in [-0.05, 0) is 31.9 Å². The second-order valence-electron chi connectivity index (χ2n) is 5.30. The predicted molar refractivity (Wildman–Crippen MR) is 84.4 cm³/mol. The molecule has 4 heteroatoms. The Labute approximate surface area is 126 Å². The quantitative estimate of drug-likeness (QED) is 0.783. The third-order valence-corrected chi connectivity index (χ3v) is 5.17. The first-order chi connectivity index (χ1) is 9.70. The molecular weight excluding hydrogens is 270 g/mol. The van der Waals surface area contributed by atoms with Crippen molar-refractivity contribution in [3.05, 3.63) is 29.3 Å². The minimum atomic E-state index is 0.357. The number of aryl methyl sites for hydroxylation is 1. The van der Waals surface area contributed by atoms with Crippen LogP contribution >= 0.6 is 11.8 Å². The van der Waals surface area contributed by atoms with Crippen molar-refractivity contribution in [3.63, 3.8) is 0 Å². The molecule has 0 bridgehead atoms. The Morgan fingerprint density at radius 2 is 2.30 bits per heavy atom. The highest BCUT2D eigenvalue weighted by atomic mass is 32.2. The zero-order valence-electron chi connectivity index (χ0n) is 12.6. The van der Waals surface area contributed by atoms with Gasteiger partial charge >= 0.3 is 0 Å².